The predicted octanol–water partition coefficient (Wildman–Crippen LogP) is 5.02. The Morgan fingerprint density at radius 1 is 1.14 bits per heavy atom. The summed E-state index contributed by atoms with van der Waals surface area (Å²) in [5, 5.41) is 9.76. The van der Waals surface area contributed by atoms with Gasteiger partial charge in [-0.25, -0.2) is 0 Å². The lowest BCUT2D eigenvalue weighted by Gasteiger charge is -2.04. The highest BCUT2D eigenvalue weighted by Gasteiger charge is 2.04. The molecule has 0 saturated heterocycles. The van der Waals surface area contributed by atoms with Crippen LogP contribution in [0.1, 0.15) is 34.0 Å². The lowest BCUT2D eigenvalue weighted by Crippen LogP contribution is -1.93. The summed E-state index contributed by atoms with van der Waals surface area (Å²) in [6.45, 7) is 5.81. The highest BCUT2D eigenvalue weighted by atomic mass is 32.2. The van der Waals surface area contributed by atoms with Gasteiger partial charge in [0.15, 0.2) is 5.78 Å². The van der Waals surface area contributed by atoms with Gasteiger partial charge in [-0.05, 0) is 78.8 Å². The number of ketones is 1. The van der Waals surface area contributed by atoms with Gasteiger partial charge in [-0.1, -0.05) is 13.0 Å². The van der Waals surface area contributed by atoms with Gasteiger partial charge in [0, 0.05) is 10.5 Å². The molecule has 0 atom stereocenters. The minimum absolute atomic E-state index is 0.0172. The second-order valence-corrected chi connectivity index (χ2v) is 6.50. The normalized spacial score (nSPS) is 11.0. The molecule has 2 nitrogen and oxygen atoms in total. The number of carbonyl (C=O) groups excluding carboxylic acids is 1. The van der Waals surface area contributed by atoms with Gasteiger partial charge in [0.2, 0.25) is 0 Å². The number of allylic oxidation sites excluding steroid dienone is 1. The minimum atomic E-state index is -0.0172. The second-order valence-electron chi connectivity index (χ2n) is 5.16. The lowest BCUT2D eigenvalue weighted by molar-refractivity contribution is 0.104. The Labute approximate surface area is 135 Å². The molecule has 0 aliphatic rings. The number of hydrogen-bond acceptors (Lipinski definition) is 3. The summed E-state index contributed by atoms with van der Waals surface area (Å²) in [6.07, 6.45) is 3.36. The maximum atomic E-state index is 12.2. The van der Waals surface area contributed by atoms with Gasteiger partial charge in [-0.3, -0.25) is 4.79 Å². The van der Waals surface area contributed by atoms with Crippen LogP contribution in [0.3, 0.4) is 0 Å². The van der Waals surface area contributed by atoms with E-state index in [1.165, 1.54) is 4.90 Å². The molecule has 0 bridgehead atoms. The van der Waals surface area contributed by atoms with Crippen molar-refractivity contribution < 1.29 is 9.90 Å². The Hall–Kier alpha value is -2.00. The van der Waals surface area contributed by atoms with Crippen LogP contribution >= 0.6 is 11.8 Å². The largest absolute Gasteiger partial charge is 0.507 e. The number of benzene rings is 2. The molecule has 0 spiro atoms. The molecule has 2 aromatic carbocycles. The van der Waals surface area contributed by atoms with Crippen molar-refractivity contribution in [1.29, 1.82) is 0 Å². The highest BCUT2D eigenvalue weighted by molar-refractivity contribution is 7.99. The third-order valence-corrected chi connectivity index (χ3v) is 4.28. The SMILES string of the molecule is CCSc1ccc(C(=O)/C=C/c2cc(C)c(O)c(C)c2)cc1. The first kappa shape index (κ1) is 16.4. The van der Waals surface area contributed by atoms with E-state index in [0.29, 0.717) is 11.3 Å². The van der Waals surface area contributed by atoms with Crippen LogP contribution in [0.25, 0.3) is 6.08 Å². The van der Waals surface area contributed by atoms with E-state index in [-0.39, 0.29) is 5.78 Å². The number of rotatable bonds is 5. The number of aromatic hydroxyl groups is 1. The van der Waals surface area contributed by atoms with Crippen LogP contribution in [-0.4, -0.2) is 16.6 Å². The van der Waals surface area contributed by atoms with Crippen LogP contribution in [0, 0.1) is 13.8 Å². The summed E-state index contributed by atoms with van der Waals surface area (Å²) in [5.41, 5.74) is 3.23. The van der Waals surface area contributed by atoms with Crippen LogP contribution in [-0.2, 0) is 0 Å². The van der Waals surface area contributed by atoms with E-state index in [1.807, 2.05) is 50.2 Å². The Kier molecular flexibility index (Phi) is 5.45. The van der Waals surface area contributed by atoms with Crippen LogP contribution in [0.4, 0.5) is 0 Å². The molecular formula is C19H20O2S. The van der Waals surface area contributed by atoms with Crippen LogP contribution in [0.15, 0.2) is 47.4 Å². The number of phenolic OH excluding ortho intramolecular Hbond substituents is 1. The molecule has 0 aliphatic heterocycles. The average molecular weight is 312 g/mol. The Morgan fingerprint density at radius 3 is 2.27 bits per heavy atom. The van der Waals surface area contributed by atoms with E-state index < -0.39 is 0 Å². The highest BCUT2D eigenvalue weighted by Crippen LogP contribution is 2.23. The number of thioether (sulfide) groups is 1. The third kappa shape index (κ3) is 4.01. The van der Waals surface area contributed by atoms with Crippen molar-refractivity contribution in [2.24, 2.45) is 0 Å². The Bertz CT molecular complexity index is 677. The molecule has 2 rings (SSSR count). The fourth-order valence-electron chi connectivity index (χ4n) is 2.24. The van der Waals surface area contributed by atoms with E-state index in [4.69, 9.17) is 0 Å². The first-order valence-electron chi connectivity index (χ1n) is 7.26. The van der Waals surface area contributed by atoms with Crippen molar-refractivity contribution in [1.82, 2.24) is 0 Å². The van der Waals surface area contributed by atoms with Crippen molar-refractivity contribution in [3.8, 4) is 5.75 Å². The topological polar surface area (TPSA) is 37.3 Å². The Morgan fingerprint density at radius 2 is 1.73 bits per heavy atom. The molecule has 0 fully saturated rings. The van der Waals surface area contributed by atoms with Crippen molar-refractivity contribution in [3.63, 3.8) is 0 Å². The first-order chi connectivity index (χ1) is 10.5. The fraction of sp³-hybridized carbons (Fsp3) is 0.211. The number of aryl methyl sites for hydroxylation is 2. The Balaban J connectivity index is 2.14. The summed E-state index contributed by atoms with van der Waals surface area (Å²) in [4.78, 5) is 13.4. The molecule has 0 amide bonds. The van der Waals surface area contributed by atoms with Gasteiger partial charge in [0.05, 0.1) is 0 Å². The zero-order chi connectivity index (χ0) is 16.1. The molecule has 114 valence electrons. The van der Waals surface area contributed by atoms with Gasteiger partial charge < -0.3 is 5.11 Å². The van der Waals surface area contributed by atoms with E-state index in [2.05, 4.69) is 6.92 Å². The molecule has 1 N–H and O–H groups in total. The molecule has 0 radical (unpaired) electrons. The van der Waals surface area contributed by atoms with Crippen LogP contribution in [0.2, 0.25) is 0 Å². The monoisotopic (exact) mass is 312 g/mol. The predicted molar refractivity (Wildman–Crippen MR) is 93.8 cm³/mol. The molecule has 0 aromatic heterocycles. The smallest absolute Gasteiger partial charge is 0.185 e. The summed E-state index contributed by atoms with van der Waals surface area (Å²) in [7, 11) is 0. The fourth-order valence-corrected chi connectivity index (χ4v) is 2.90. The second kappa shape index (κ2) is 7.32. The standard InChI is InChI=1S/C19H20O2S/c1-4-22-17-8-6-16(7-9-17)18(20)10-5-15-11-13(2)19(21)14(3)12-15/h5-12,21H,4H2,1-3H3/b10-5+. The minimum Gasteiger partial charge on any atom is -0.507 e. The molecule has 0 unspecified atom stereocenters. The van der Waals surface area contributed by atoms with Crippen molar-refractivity contribution >= 4 is 23.6 Å². The van der Waals surface area contributed by atoms with E-state index in [1.54, 1.807) is 23.9 Å². The zero-order valence-corrected chi connectivity index (χ0v) is 13.9. The average Bonchev–Trinajstić information content (AvgIpc) is 2.51. The van der Waals surface area contributed by atoms with Gasteiger partial charge >= 0.3 is 0 Å². The molecule has 0 saturated carbocycles. The quantitative estimate of drug-likeness (QED) is 0.478. The summed E-state index contributed by atoms with van der Waals surface area (Å²) >= 11 is 1.76. The van der Waals surface area contributed by atoms with Gasteiger partial charge in [0.1, 0.15) is 5.75 Å². The summed E-state index contributed by atoms with van der Waals surface area (Å²) < 4.78 is 0. The van der Waals surface area contributed by atoms with Gasteiger partial charge in [-0.15, -0.1) is 11.8 Å². The lowest BCUT2D eigenvalue weighted by atomic mass is 10.0. The molecule has 3 heteroatoms. The van der Waals surface area contributed by atoms with E-state index in [0.717, 1.165) is 22.4 Å². The van der Waals surface area contributed by atoms with E-state index in [9.17, 15) is 9.90 Å². The summed E-state index contributed by atoms with van der Waals surface area (Å²) in [6, 6.07) is 11.4. The number of phenols is 1. The van der Waals surface area contributed by atoms with Crippen LogP contribution < -0.4 is 0 Å². The molecule has 2 aromatic rings. The van der Waals surface area contributed by atoms with Crippen molar-refractivity contribution in [3.05, 3.63) is 64.7 Å². The van der Waals surface area contributed by atoms with Gasteiger partial charge in [-0.2, -0.15) is 0 Å². The number of hydrogen-bond donors (Lipinski definition) is 1. The molecule has 22 heavy (non-hydrogen) atoms. The van der Waals surface area contributed by atoms with Crippen LogP contribution in [0.5, 0.6) is 5.75 Å². The first-order valence-corrected chi connectivity index (χ1v) is 8.25. The molecular weight excluding hydrogens is 292 g/mol. The molecule has 0 aliphatic carbocycles. The van der Waals surface area contributed by atoms with Gasteiger partial charge in [0.25, 0.3) is 0 Å². The van der Waals surface area contributed by atoms with Crippen molar-refractivity contribution in [2.45, 2.75) is 25.7 Å². The maximum absolute atomic E-state index is 12.2. The summed E-state index contributed by atoms with van der Waals surface area (Å²) in [5.74, 6) is 1.32. The maximum Gasteiger partial charge on any atom is 0.185 e. The number of carbonyl (C=O) groups is 1. The zero-order valence-electron chi connectivity index (χ0n) is 13.1. The van der Waals surface area contributed by atoms with E-state index >= 15 is 0 Å². The third-order valence-electron chi connectivity index (χ3n) is 3.39. The molecule has 0 heterocycles. The van der Waals surface area contributed by atoms with Crippen molar-refractivity contribution in [2.75, 3.05) is 5.75 Å².